The molecule has 0 fully saturated rings. The van der Waals surface area contributed by atoms with E-state index < -0.39 is 0 Å². The SMILES string of the molecule is CN(C)CC1=C=C=C=[C-]1.[C]1=C=C=C=[C-]1.[Fe+2]. The van der Waals surface area contributed by atoms with E-state index in [-0.39, 0.29) is 17.1 Å². The van der Waals surface area contributed by atoms with Crippen molar-refractivity contribution in [2.45, 2.75) is 0 Å². The second kappa shape index (κ2) is 7.99. The standard InChI is InChI=1S/C8H8N.C5.Fe/c1-9(2)7-8-5-3-4-6-8;1-2-4-5-3-1;/h7H2,1-2H3;;/q2*-1;+2. The average molecular weight is 234 g/mol. The summed E-state index contributed by atoms with van der Waals surface area (Å²) in [6.45, 7) is 0.875. The number of hydrogen-bond donors (Lipinski definition) is 0. The maximum Gasteiger partial charge on any atom is 2.00 e. The van der Waals surface area contributed by atoms with E-state index in [4.69, 9.17) is 0 Å². The summed E-state index contributed by atoms with van der Waals surface area (Å²) in [5, 5.41) is 0. The summed E-state index contributed by atoms with van der Waals surface area (Å²) in [6, 6.07) is 0. The van der Waals surface area contributed by atoms with Crippen LogP contribution in [0.2, 0.25) is 0 Å². The minimum absolute atomic E-state index is 0. The van der Waals surface area contributed by atoms with E-state index in [1.807, 2.05) is 14.1 Å². The zero-order chi connectivity index (χ0) is 10.2. The number of likely N-dealkylation sites (N-methyl/N-ethyl adjacent to an activating group) is 1. The zero-order valence-electron chi connectivity index (χ0n) is 8.51. The Hall–Kier alpha value is -1.36. The molecule has 0 aliphatic heterocycles. The quantitative estimate of drug-likeness (QED) is 0.396. The molecule has 2 aliphatic carbocycles. The van der Waals surface area contributed by atoms with Gasteiger partial charge >= 0.3 is 17.1 Å². The average Bonchev–Trinajstić information content (AvgIpc) is 2.75. The molecule has 0 atom stereocenters. The smallest absolute Gasteiger partial charge is 0.307 e. The molecule has 2 heteroatoms. The number of hydrogen-bond acceptors (Lipinski definition) is 1. The van der Waals surface area contributed by atoms with Gasteiger partial charge in [0.25, 0.3) is 0 Å². The van der Waals surface area contributed by atoms with Crippen molar-refractivity contribution in [2.24, 2.45) is 0 Å². The second-order valence-corrected chi connectivity index (χ2v) is 2.84. The molecule has 15 heavy (non-hydrogen) atoms. The Kier molecular flexibility index (Phi) is 7.27. The molecule has 0 aromatic heterocycles. The van der Waals surface area contributed by atoms with Crippen LogP contribution >= 0.6 is 0 Å². The molecule has 0 N–H and O–H groups in total. The van der Waals surface area contributed by atoms with Gasteiger partial charge in [0.15, 0.2) is 0 Å². The van der Waals surface area contributed by atoms with Crippen molar-refractivity contribution in [3.05, 3.63) is 58.2 Å². The van der Waals surface area contributed by atoms with Gasteiger partial charge in [0.2, 0.25) is 0 Å². The van der Waals surface area contributed by atoms with Crippen LogP contribution in [0.3, 0.4) is 0 Å². The van der Waals surface area contributed by atoms with Crippen LogP contribution in [0.15, 0.2) is 40.0 Å². The van der Waals surface area contributed by atoms with Crippen molar-refractivity contribution in [2.75, 3.05) is 20.6 Å². The van der Waals surface area contributed by atoms with Crippen LogP contribution in [0, 0.1) is 18.2 Å². The summed E-state index contributed by atoms with van der Waals surface area (Å²) < 4.78 is 0. The number of rotatable bonds is 2. The molecule has 1 radical (unpaired) electrons. The van der Waals surface area contributed by atoms with Gasteiger partial charge in [-0.2, -0.15) is 0 Å². The van der Waals surface area contributed by atoms with Crippen molar-refractivity contribution in [3.63, 3.8) is 0 Å². The minimum atomic E-state index is 0. The predicted molar refractivity (Wildman–Crippen MR) is 52.9 cm³/mol. The Balaban J connectivity index is 0.000000280. The van der Waals surface area contributed by atoms with Gasteiger partial charge in [0.1, 0.15) is 0 Å². The van der Waals surface area contributed by atoms with Crippen molar-refractivity contribution in [1.82, 2.24) is 4.90 Å². The first-order valence-electron chi connectivity index (χ1n) is 4.06. The first-order chi connectivity index (χ1) is 6.79. The molecule has 0 aromatic carbocycles. The molecule has 0 amide bonds. The van der Waals surface area contributed by atoms with Gasteiger partial charge in [0, 0.05) is 6.54 Å². The molecular weight excluding hydrogens is 226 g/mol. The van der Waals surface area contributed by atoms with Crippen molar-refractivity contribution >= 4 is 0 Å². The summed E-state index contributed by atoms with van der Waals surface area (Å²) in [4.78, 5) is 2.06. The van der Waals surface area contributed by atoms with Gasteiger partial charge in [-0.1, -0.05) is 0 Å². The molecule has 0 unspecified atom stereocenters. The Morgan fingerprint density at radius 1 is 1.13 bits per heavy atom. The second-order valence-electron chi connectivity index (χ2n) is 2.84. The van der Waals surface area contributed by atoms with Crippen LogP contribution in [-0.2, 0) is 17.1 Å². The molecule has 0 spiro atoms. The molecule has 0 aromatic rings. The monoisotopic (exact) mass is 234 g/mol. The summed E-state index contributed by atoms with van der Waals surface area (Å²) in [5.74, 6) is 0. The molecule has 0 saturated carbocycles. The maximum atomic E-state index is 2.89. The van der Waals surface area contributed by atoms with E-state index in [2.05, 4.69) is 57.5 Å². The first-order valence-corrected chi connectivity index (χ1v) is 4.06. The molecule has 2 rings (SSSR count). The van der Waals surface area contributed by atoms with Crippen LogP contribution in [0.25, 0.3) is 0 Å². The van der Waals surface area contributed by atoms with E-state index >= 15 is 0 Å². The Bertz CT molecular complexity index is 457. The van der Waals surface area contributed by atoms with Crippen LogP contribution in [0.5, 0.6) is 0 Å². The third-order valence-corrected chi connectivity index (χ3v) is 1.28. The van der Waals surface area contributed by atoms with Crippen molar-refractivity contribution in [3.8, 4) is 0 Å². The van der Waals surface area contributed by atoms with E-state index in [1.54, 1.807) is 0 Å². The normalized spacial score (nSPS) is 11.8. The van der Waals surface area contributed by atoms with Crippen LogP contribution < -0.4 is 0 Å². The van der Waals surface area contributed by atoms with Crippen molar-refractivity contribution < 1.29 is 17.1 Å². The number of allylic oxidation sites excluding steroid dienone is 2. The third-order valence-electron chi connectivity index (χ3n) is 1.28. The van der Waals surface area contributed by atoms with E-state index in [0.717, 1.165) is 12.1 Å². The Labute approximate surface area is 101 Å². The molecular formula is C13H8FeN. The van der Waals surface area contributed by atoms with Gasteiger partial charge < -0.3 is 4.90 Å². The molecule has 0 saturated heterocycles. The Morgan fingerprint density at radius 3 is 2.27 bits per heavy atom. The van der Waals surface area contributed by atoms with Crippen LogP contribution in [-0.4, -0.2) is 25.5 Å². The summed E-state index contributed by atoms with van der Waals surface area (Å²) in [7, 11) is 4.02. The maximum absolute atomic E-state index is 2.89. The number of nitrogens with zero attached hydrogens (tertiary/aromatic N) is 1. The van der Waals surface area contributed by atoms with Gasteiger partial charge in [-0.05, 0) is 14.1 Å². The molecule has 73 valence electrons. The Morgan fingerprint density at radius 2 is 1.93 bits per heavy atom. The van der Waals surface area contributed by atoms with E-state index in [0.29, 0.717) is 0 Å². The van der Waals surface area contributed by atoms with Crippen LogP contribution in [0.1, 0.15) is 0 Å². The fourth-order valence-electron chi connectivity index (χ4n) is 0.796. The topological polar surface area (TPSA) is 3.24 Å². The van der Waals surface area contributed by atoms with Crippen molar-refractivity contribution in [1.29, 1.82) is 0 Å². The van der Waals surface area contributed by atoms with E-state index in [1.165, 1.54) is 0 Å². The third kappa shape index (κ3) is 6.68. The van der Waals surface area contributed by atoms with Gasteiger partial charge in [-0.3, -0.25) is 22.9 Å². The molecule has 2 aliphatic rings. The summed E-state index contributed by atoms with van der Waals surface area (Å²) in [5.41, 5.74) is 16.8. The fourth-order valence-corrected chi connectivity index (χ4v) is 0.796. The summed E-state index contributed by atoms with van der Waals surface area (Å²) >= 11 is 0. The molecule has 1 nitrogen and oxygen atoms in total. The van der Waals surface area contributed by atoms with E-state index in [9.17, 15) is 0 Å². The van der Waals surface area contributed by atoms with Gasteiger partial charge in [0.05, 0.1) is 0 Å². The minimum Gasteiger partial charge on any atom is -0.307 e. The van der Waals surface area contributed by atoms with Gasteiger partial charge in [-0.25, -0.2) is 11.5 Å². The first kappa shape index (κ1) is 13.6. The largest absolute Gasteiger partial charge is 2.00 e. The van der Waals surface area contributed by atoms with Gasteiger partial charge in [-0.15, -0.1) is 23.8 Å². The molecule has 0 heterocycles. The fraction of sp³-hybridized carbons (Fsp3) is 0.231. The molecule has 0 bridgehead atoms. The summed E-state index contributed by atoms with van der Waals surface area (Å²) in [6.07, 6.45) is 7.89. The zero-order valence-corrected chi connectivity index (χ0v) is 9.61. The van der Waals surface area contributed by atoms with Crippen LogP contribution in [0.4, 0.5) is 0 Å². The predicted octanol–water partition coefficient (Wildman–Crippen LogP) is 1.38.